The average molecular weight is 240 g/mol. The smallest absolute Gasteiger partial charge is 0.147 e. The largest absolute Gasteiger partial charge is 0.353 e. The Balaban J connectivity index is 2.21. The minimum atomic E-state index is 0.474. The van der Waals surface area contributed by atoms with Crippen LogP contribution < -0.4 is 10.2 Å². The fraction of sp³-hybridized carbons (Fsp3) is 0.583. The van der Waals surface area contributed by atoms with Gasteiger partial charge in [0.15, 0.2) is 0 Å². The third-order valence-corrected chi connectivity index (χ3v) is 3.20. The highest BCUT2D eigenvalue weighted by Gasteiger charge is 2.15. The predicted molar refractivity (Wildman–Crippen MR) is 68.4 cm³/mol. The zero-order chi connectivity index (χ0) is 11.5. The molecule has 0 atom stereocenters. The lowest BCUT2D eigenvalue weighted by atomic mass is 10.1. The van der Waals surface area contributed by atoms with E-state index in [-0.39, 0.29) is 0 Å². The van der Waals surface area contributed by atoms with E-state index in [4.69, 9.17) is 11.6 Å². The van der Waals surface area contributed by atoms with E-state index in [1.54, 1.807) is 0 Å². The summed E-state index contributed by atoms with van der Waals surface area (Å²) in [7, 11) is 0. The molecule has 0 bridgehead atoms. The first kappa shape index (κ1) is 11.7. The molecular formula is C12H18ClN3. The second-order valence-electron chi connectivity index (χ2n) is 4.47. The van der Waals surface area contributed by atoms with Gasteiger partial charge < -0.3 is 10.2 Å². The molecule has 0 unspecified atom stereocenters. The summed E-state index contributed by atoms with van der Waals surface area (Å²) in [4.78, 5) is 6.73. The Kier molecular flexibility index (Phi) is 3.66. The predicted octanol–water partition coefficient (Wildman–Crippen LogP) is 2.27. The van der Waals surface area contributed by atoms with Gasteiger partial charge in [-0.1, -0.05) is 25.4 Å². The Morgan fingerprint density at radius 2 is 2.06 bits per heavy atom. The summed E-state index contributed by atoms with van der Waals surface area (Å²) in [5.41, 5.74) is 1.20. The first-order valence-corrected chi connectivity index (χ1v) is 6.17. The topological polar surface area (TPSA) is 28.2 Å². The summed E-state index contributed by atoms with van der Waals surface area (Å²) in [5.74, 6) is 1.40. The van der Waals surface area contributed by atoms with Gasteiger partial charge in [0.2, 0.25) is 0 Å². The number of pyridine rings is 1. The molecule has 1 aromatic heterocycles. The van der Waals surface area contributed by atoms with Crippen LogP contribution in [-0.2, 0) is 0 Å². The van der Waals surface area contributed by atoms with Crippen molar-refractivity contribution in [2.75, 3.05) is 31.1 Å². The minimum absolute atomic E-state index is 0.474. The molecule has 0 radical (unpaired) electrons. The van der Waals surface area contributed by atoms with Crippen molar-refractivity contribution in [1.82, 2.24) is 10.3 Å². The maximum Gasteiger partial charge on any atom is 0.147 e. The summed E-state index contributed by atoms with van der Waals surface area (Å²) in [5, 5.41) is 4.09. The highest BCUT2D eigenvalue weighted by Crippen LogP contribution is 2.26. The van der Waals surface area contributed by atoms with Gasteiger partial charge in [0.25, 0.3) is 0 Å². The van der Waals surface area contributed by atoms with E-state index < -0.39 is 0 Å². The lowest BCUT2D eigenvalue weighted by molar-refractivity contribution is 0.585. The summed E-state index contributed by atoms with van der Waals surface area (Å²) in [6, 6.07) is 2.04. The van der Waals surface area contributed by atoms with Crippen LogP contribution in [0.5, 0.6) is 0 Å². The van der Waals surface area contributed by atoms with Crippen LogP contribution in [-0.4, -0.2) is 31.2 Å². The van der Waals surface area contributed by atoms with Crippen LogP contribution in [0, 0.1) is 0 Å². The number of halogens is 1. The van der Waals surface area contributed by atoms with E-state index in [9.17, 15) is 0 Å². The molecule has 3 nitrogen and oxygen atoms in total. The second kappa shape index (κ2) is 5.02. The Morgan fingerprint density at radius 1 is 1.38 bits per heavy atom. The molecule has 1 saturated heterocycles. The molecular weight excluding hydrogens is 222 g/mol. The van der Waals surface area contributed by atoms with Gasteiger partial charge in [-0.05, 0) is 17.5 Å². The molecule has 1 aromatic rings. The second-order valence-corrected chi connectivity index (χ2v) is 4.87. The maximum absolute atomic E-state index is 6.28. The van der Waals surface area contributed by atoms with Gasteiger partial charge >= 0.3 is 0 Å². The first-order valence-electron chi connectivity index (χ1n) is 5.79. The van der Waals surface area contributed by atoms with Gasteiger partial charge in [-0.2, -0.15) is 0 Å². The molecule has 2 heterocycles. The zero-order valence-electron chi connectivity index (χ0n) is 9.83. The number of anilines is 1. The van der Waals surface area contributed by atoms with Gasteiger partial charge in [0, 0.05) is 32.4 Å². The van der Waals surface area contributed by atoms with E-state index in [2.05, 4.69) is 29.0 Å². The van der Waals surface area contributed by atoms with Crippen LogP contribution in [0.1, 0.15) is 25.3 Å². The van der Waals surface area contributed by atoms with E-state index in [1.165, 1.54) is 5.56 Å². The summed E-state index contributed by atoms with van der Waals surface area (Å²) in [6.45, 7) is 8.27. The lowest BCUT2D eigenvalue weighted by Gasteiger charge is -2.29. The van der Waals surface area contributed by atoms with Crippen molar-refractivity contribution in [2.24, 2.45) is 0 Å². The maximum atomic E-state index is 6.28. The standard InChI is InChI=1S/C12H18ClN3/c1-9(2)10-7-11(13)12(15-8-10)16-5-3-14-4-6-16/h7-9,14H,3-6H2,1-2H3. The molecule has 0 spiro atoms. The summed E-state index contributed by atoms with van der Waals surface area (Å²) >= 11 is 6.28. The SMILES string of the molecule is CC(C)c1cnc(N2CCNCC2)c(Cl)c1. The average Bonchev–Trinajstić information content (AvgIpc) is 2.30. The molecule has 0 aliphatic carbocycles. The number of hydrogen-bond donors (Lipinski definition) is 1. The van der Waals surface area contributed by atoms with Crippen LogP contribution in [0.25, 0.3) is 0 Å². The number of nitrogens with one attached hydrogen (secondary N) is 1. The van der Waals surface area contributed by atoms with Gasteiger partial charge in [-0.3, -0.25) is 0 Å². The molecule has 0 amide bonds. The molecule has 88 valence electrons. The molecule has 1 aliphatic rings. The molecule has 1 fully saturated rings. The van der Waals surface area contributed by atoms with Crippen molar-refractivity contribution < 1.29 is 0 Å². The van der Waals surface area contributed by atoms with Crippen molar-refractivity contribution in [3.63, 3.8) is 0 Å². The van der Waals surface area contributed by atoms with E-state index in [1.807, 2.05) is 12.3 Å². The van der Waals surface area contributed by atoms with Crippen LogP contribution in [0.4, 0.5) is 5.82 Å². The highest BCUT2D eigenvalue weighted by atomic mass is 35.5. The Labute approximate surface area is 102 Å². The van der Waals surface area contributed by atoms with Crippen LogP contribution in [0.3, 0.4) is 0 Å². The van der Waals surface area contributed by atoms with E-state index >= 15 is 0 Å². The fourth-order valence-electron chi connectivity index (χ4n) is 1.87. The van der Waals surface area contributed by atoms with Crippen LogP contribution >= 0.6 is 11.6 Å². The zero-order valence-corrected chi connectivity index (χ0v) is 10.6. The monoisotopic (exact) mass is 239 g/mol. The third-order valence-electron chi connectivity index (χ3n) is 2.93. The fourth-order valence-corrected chi connectivity index (χ4v) is 2.16. The Morgan fingerprint density at radius 3 is 2.62 bits per heavy atom. The minimum Gasteiger partial charge on any atom is -0.353 e. The normalized spacial score (nSPS) is 16.9. The molecule has 16 heavy (non-hydrogen) atoms. The van der Waals surface area contributed by atoms with E-state index in [0.29, 0.717) is 5.92 Å². The van der Waals surface area contributed by atoms with E-state index in [0.717, 1.165) is 37.0 Å². The summed E-state index contributed by atoms with van der Waals surface area (Å²) in [6.07, 6.45) is 1.94. The number of nitrogens with zero attached hydrogens (tertiary/aromatic N) is 2. The van der Waals surface area contributed by atoms with Crippen molar-refractivity contribution in [2.45, 2.75) is 19.8 Å². The lowest BCUT2D eigenvalue weighted by Crippen LogP contribution is -2.44. The van der Waals surface area contributed by atoms with Gasteiger partial charge in [-0.15, -0.1) is 0 Å². The Bertz CT molecular complexity index is 359. The quantitative estimate of drug-likeness (QED) is 0.858. The van der Waals surface area contributed by atoms with Crippen molar-refractivity contribution in [3.05, 3.63) is 22.8 Å². The van der Waals surface area contributed by atoms with Gasteiger partial charge in [0.1, 0.15) is 5.82 Å². The Hall–Kier alpha value is -0.800. The molecule has 0 aromatic carbocycles. The van der Waals surface area contributed by atoms with Crippen molar-refractivity contribution in [1.29, 1.82) is 0 Å². The molecule has 2 rings (SSSR count). The molecule has 1 aliphatic heterocycles. The molecule has 4 heteroatoms. The number of rotatable bonds is 2. The van der Waals surface area contributed by atoms with Crippen LogP contribution in [0.2, 0.25) is 5.02 Å². The van der Waals surface area contributed by atoms with Gasteiger partial charge in [-0.25, -0.2) is 4.98 Å². The number of piperazine rings is 1. The number of aromatic nitrogens is 1. The van der Waals surface area contributed by atoms with Crippen molar-refractivity contribution >= 4 is 17.4 Å². The first-order chi connectivity index (χ1) is 7.68. The highest BCUT2D eigenvalue weighted by molar-refractivity contribution is 6.33. The van der Waals surface area contributed by atoms with Crippen molar-refractivity contribution in [3.8, 4) is 0 Å². The number of hydrogen-bond acceptors (Lipinski definition) is 3. The molecule has 0 saturated carbocycles. The third kappa shape index (κ3) is 2.47. The summed E-state index contributed by atoms with van der Waals surface area (Å²) < 4.78 is 0. The van der Waals surface area contributed by atoms with Gasteiger partial charge in [0.05, 0.1) is 5.02 Å². The van der Waals surface area contributed by atoms with Crippen LogP contribution in [0.15, 0.2) is 12.3 Å². The molecule has 1 N–H and O–H groups in total.